The minimum atomic E-state index is 1.12. The minimum absolute atomic E-state index is 1.12. The predicted octanol–water partition coefficient (Wildman–Crippen LogP) is 13.9. The molecule has 0 aliphatic rings. The van der Waals surface area contributed by atoms with E-state index in [2.05, 4.69) is 229 Å². The van der Waals surface area contributed by atoms with E-state index >= 15 is 0 Å². The fourth-order valence-electron chi connectivity index (χ4n) is 7.50. The Kier molecular flexibility index (Phi) is 8.30. The van der Waals surface area contributed by atoms with Crippen LogP contribution in [-0.2, 0) is 7.05 Å². The summed E-state index contributed by atoms with van der Waals surface area (Å²) in [4.78, 5) is 4.61. The van der Waals surface area contributed by atoms with Crippen LogP contribution < -0.4 is 9.80 Å². The summed E-state index contributed by atoms with van der Waals surface area (Å²) >= 11 is 0. The van der Waals surface area contributed by atoms with Gasteiger partial charge in [0.1, 0.15) is 0 Å². The molecule has 8 aromatic carbocycles. The molecule has 3 heteroatoms. The lowest BCUT2D eigenvalue weighted by Gasteiger charge is -2.25. The molecule has 0 aliphatic heterocycles. The van der Waals surface area contributed by atoms with Gasteiger partial charge in [-0.1, -0.05) is 109 Å². The lowest BCUT2D eigenvalue weighted by molar-refractivity contribution is 1.01. The molecule has 1 heterocycles. The Bertz CT molecular complexity index is 2600. The fourth-order valence-corrected chi connectivity index (χ4v) is 7.50. The van der Waals surface area contributed by atoms with Crippen LogP contribution in [0, 0.1) is 6.92 Å². The molecule has 0 radical (unpaired) electrons. The topological polar surface area (TPSA) is 11.4 Å². The fraction of sp³-hybridized carbons (Fsp3) is 0.0400. The second kappa shape index (κ2) is 13.7. The lowest BCUT2D eigenvalue weighted by atomic mass is 9.99. The van der Waals surface area contributed by atoms with E-state index in [1.54, 1.807) is 0 Å². The molecule has 0 saturated carbocycles. The highest BCUT2D eigenvalue weighted by Crippen LogP contribution is 2.39. The molecule has 0 bridgehead atoms. The first-order valence-electron chi connectivity index (χ1n) is 18.2. The summed E-state index contributed by atoms with van der Waals surface area (Å²) in [5.41, 5.74) is 15.3. The van der Waals surface area contributed by atoms with Crippen LogP contribution in [0.4, 0.5) is 34.1 Å². The SMILES string of the molecule is Cc1ccc(N(c2ccccc2)c2ccc(-c3ccc4c(c3)c3cc(-c5ccc(N(c6ccccc6)c6ccccc6)cc5)ccc3n4C)cc2)cc1. The molecule has 254 valence electrons. The quantitative estimate of drug-likeness (QED) is 0.158. The number of fused-ring (bicyclic) bond motifs is 3. The Morgan fingerprint density at radius 2 is 0.623 bits per heavy atom. The van der Waals surface area contributed by atoms with E-state index in [9.17, 15) is 0 Å². The minimum Gasteiger partial charge on any atom is -0.344 e. The van der Waals surface area contributed by atoms with Gasteiger partial charge >= 0.3 is 0 Å². The van der Waals surface area contributed by atoms with Crippen molar-refractivity contribution in [3.05, 3.63) is 206 Å². The van der Waals surface area contributed by atoms with Gasteiger partial charge in [0, 0.05) is 63.0 Å². The molecule has 0 aliphatic carbocycles. The number of nitrogens with zero attached hydrogens (tertiary/aromatic N) is 3. The molecule has 0 N–H and O–H groups in total. The largest absolute Gasteiger partial charge is 0.344 e. The van der Waals surface area contributed by atoms with Crippen LogP contribution in [0.25, 0.3) is 44.1 Å². The molecule has 53 heavy (non-hydrogen) atoms. The first kappa shape index (κ1) is 32.1. The van der Waals surface area contributed by atoms with Crippen molar-refractivity contribution in [3.8, 4) is 22.3 Å². The van der Waals surface area contributed by atoms with Crippen molar-refractivity contribution in [2.45, 2.75) is 6.92 Å². The summed E-state index contributed by atoms with van der Waals surface area (Å²) in [6, 6.07) is 72.0. The van der Waals surface area contributed by atoms with Crippen molar-refractivity contribution in [2.75, 3.05) is 9.80 Å². The van der Waals surface area contributed by atoms with Gasteiger partial charge in [-0.05, 0) is 126 Å². The molecular formula is C50H39N3. The van der Waals surface area contributed by atoms with E-state index in [0.717, 1.165) is 34.1 Å². The van der Waals surface area contributed by atoms with Crippen molar-refractivity contribution >= 4 is 55.9 Å². The average Bonchev–Trinajstić information content (AvgIpc) is 3.50. The van der Waals surface area contributed by atoms with Crippen LogP contribution in [0.2, 0.25) is 0 Å². The van der Waals surface area contributed by atoms with Crippen molar-refractivity contribution in [2.24, 2.45) is 7.05 Å². The molecule has 0 spiro atoms. The molecule has 0 atom stereocenters. The second-order valence-electron chi connectivity index (χ2n) is 13.6. The summed E-state index contributed by atoms with van der Waals surface area (Å²) in [5, 5.41) is 2.51. The van der Waals surface area contributed by atoms with E-state index in [-0.39, 0.29) is 0 Å². The number of anilines is 6. The number of hydrogen-bond acceptors (Lipinski definition) is 2. The summed E-state index contributed by atoms with van der Waals surface area (Å²) in [7, 11) is 2.17. The Labute approximate surface area is 311 Å². The Morgan fingerprint density at radius 1 is 0.321 bits per heavy atom. The third kappa shape index (κ3) is 6.13. The Hall–Kier alpha value is -6.84. The molecule has 0 fully saturated rings. The molecular weight excluding hydrogens is 643 g/mol. The lowest BCUT2D eigenvalue weighted by Crippen LogP contribution is -2.09. The molecule has 1 aromatic heterocycles. The molecule has 9 rings (SSSR count). The molecule has 9 aromatic rings. The average molecular weight is 682 g/mol. The first-order valence-corrected chi connectivity index (χ1v) is 18.2. The molecule has 0 amide bonds. The van der Waals surface area contributed by atoms with Gasteiger partial charge in [0.25, 0.3) is 0 Å². The summed E-state index contributed by atoms with van der Waals surface area (Å²) in [6.07, 6.45) is 0. The zero-order valence-corrected chi connectivity index (χ0v) is 29.9. The van der Waals surface area contributed by atoms with E-state index in [1.807, 2.05) is 0 Å². The van der Waals surface area contributed by atoms with Crippen LogP contribution in [-0.4, -0.2) is 4.57 Å². The van der Waals surface area contributed by atoms with Crippen molar-refractivity contribution in [1.82, 2.24) is 4.57 Å². The Morgan fingerprint density at radius 3 is 0.981 bits per heavy atom. The third-order valence-corrected chi connectivity index (χ3v) is 10.3. The first-order chi connectivity index (χ1) is 26.1. The van der Waals surface area contributed by atoms with Crippen LogP contribution >= 0.6 is 0 Å². The number of para-hydroxylation sites is 3. The number of benzene rings is 8. The second-order valence-corrected chi connectivity index (χ2v) is 13.6. The van der Waals surface area contributed by atoms with Crippen LogP contribution in [0.5, 0.6) is 0 Å². The zero-order valence-electron chi connectivity index (χ0n) is 29.9. The van der Waals surface area contributed by atoms with E-state index < -0.39 is 0 Å². The van der Waals surface area contributed by atoms with Crippen molar-refractivity contribution < 1.29 is 0 Å². The Balaban J connectivity index is 1.05. The van der Waals surface area contributed by atoms with E-state index in [1.165, 1.54) is 49.6 Å². The van der Waals surface area contributed by atoms with E-state index in [0.29, 0.717) is 0 Å². The summed E-state index contributed by atoms with van der Waals surface area (Å²) in [5.74, 6) is 0. The van der Waals surface area contributed by atoms with Gasteiger partial charge in [-0.3, -0.25) is 0 Å². The van der Waals surface area contributed by atoms with Crippen LogP contribution in [0.15, 0.2) is 200 Å². The monoisotopic (exact) mass is 681 g/mol. The molecule has 3 nitrogen and oxygen atoms in total. The number of rotatable bonds is 8. The number of hydrogen-bond donors (Lipinski definition) is 0. The smallest absolute Gasteiger partial charge is 0.0489 e. The highest BCUT2D eigenvalue weighted by atomic mass is 15.1. The maximum Gasteiger partial charge on any atom is 0.0489 e. The normalized spacial score (nSPS) is 11.2. The summed E-state index contributed by atoms with van der Waals surface area (Å²) in [6.45, 7) is 2.13. The zero-order chi connectivity index (χ0) is 35.7. The third-order valence-electron chi connectivity index (χ3n) is 10.3. The number of aryl methyl sites for hydroxylation is 2. The van der Waals surface area contributed by atoms with Crippen LogP contribution in [0.1, 0.15) is 5.56 Å². The van der Waals surface area contributed by atoms with Gasteiger partial charge in [-0.25, -0.2) is 0 Å². The van der Waals surface area contributed by atoms with Crippen molar-refractivity contribution in [3.63, 3.8) is 0 Å². The van der Waals surface area contributed by atoms with Crippen molar-refractivity contribution in [1.29, 1.82) is 0 Å². The maximum absolute atomic E-state index is 2.35. The van der Waals surface area contributed by atoms with Gasteiger partial charge in [0.15, 0.2) is 0 Å². The molecule has 0 saturated heterocycles. The van der Waals surface area contributed by atoms with Gasteiger partial charge in [0.2, 0.25) is 0 Å². The predicted molar refractivity (Wildman–Crippen MR) is 225 cm³/mol. The maximum atomic E-state index is 2.35. The highest BCUT2D eigenvalue weighted by molar-refractivity contribution is 6.10. The van der Waals surface area contributed by atoms with E-state index in [4.69, 9.17) is 0 Å². The standard InChI is InChI=1S/C50H39N3/c1-36-18-26-44(27-19-36)53(43-16-10-5-11-17-43)46-30-22-38(23-31-46)40-25-33-50-48(35-40)47-34-39(24-32-49(47)51(50)2)37-20-28-45(29-21-37)52(41-12-6-3-7-13-41)42-14-8-4-9-15-42/h3-35H,1-2H3. The molecule has 0 unspecified atom stereocenters. The number of aromatic nitrogens is 1. The highest BCUT2D eigenvalue weighted by Gasteiger charge is 2.16. The van der Waals surface area contributed by atoms with Gasteiger partial charge in [0.05, 0.1) is 0 Å². The summed E-state index contributed by atoms with van der Waals surface area (Å²) < 4.78 is 2.31. The van der Waals surface area contributed by atoms with Gasteiger partial charge in [-0.15, -0.1) is 0 Å². The van der Waals surface area contributed by atoms with Gasteiger partial charge < -0.3 is 14.4 Å². The van der Waals surface area contributed by atoms with Crippen LogP contribution in [0.3, 0.4) is 0 Å². The van der Waals surface area contributed by atoms with Gasteiger partial charge in [-0.2, -0.15) is 0 Å².